The van der Waals surface area contributed by atoms with E-state index in [2.05, 4.69) is 15.5 Å². The summed E-state index contributed by atoms with van der Waals surface area (Å²) < 4.78 is 50.4. The van der Waals surface area contributed by atoms with Crippen molar-refractivity contribution in [1.82, 2.24) is 20.4 Å². The molecule has 3 unspecified atom stereocenters. The smallest absolute Gasteiger partial charge is 0.475 e. The maximum atomic E-state index is 13.9. The number of carboxylic acids is 1. The molecule has 2 aliphatic rings. The second-order valence-electron chi connectivity index (χ2n) is 6.86. The maximum Gasteiger partial charge on any atom is 0.490 e. The van der Waals surface area contributed by atoms with Gasteiger partial charge < -0.3 is 19.8 Å². The number of carboxylic acid groups (broad SMARTS) is 1. The summed E-state index contributed by atoms with van der Waals surface area (Å²) in [6.07, 6.45) is 1.05. The van der Waals surface area contributed by atoms with E-state index in [-0.39, 0.29) is 41.3 Å². The molecule has 2 fully saturated rings. The summed E-state index contributed by atoms with van der Waals surface area (Å²) in [4.78, 5) is 39.1. The average molecular weight is 444 g/mol. The quantitative estimate of drug-likeness (QED) is 0.694. The number of carbonyl (C=O) groups excluding carboxylic acids is 2. The molecule has 0 aromatic carbocycles. The minimum Gasteiger partial charge on any atom is -0.475 e. The third-order valence-electron chi connectivity index (χ3n) is 4.99. The first kappa shape index (κ1) is 22.2. The molecule has 0 spiro atoms. The van der Waals surface area contributed by atoms with E-state index in [0.717, 1.165) is 19.0 Å². The molecule has 2 aromatic rings. The Bertz CT molecular complexity index is 966. The molecule has 4 rings (SSSR count). The van der Waals surface area contributed by atoms with Crippen LogP contribution in [-0.2, 0) is 4.79 Å². The van der Waals surface area contributed by atoms with Crippen molar-refractivity contribution < 1.29 is 41.6 Å². The lowest BCUT2D eigenvalue weighted by atomic mass is 9.95. The number of amides is 2. The molecule has 0 radical (unpaired) electrons. The van der Waals surface area contributed by atoms with Crippen LogP contribution in [0.1, 0.15) is 40.2 Å². The highest BCUT2D eigenvalue weighted by Crippen LogP contribution is 2.39. The monoisotopic (exact) mass is 444 g/mol. The lowest BCUT2D eigenvalue weighted by Gasteiger charge is -2.25. The normalized spacial score (nSPS) is 21.9. The standard InChI is InChI=1S/C16H15FN4O3.C2HF3O2/c17-11-8-18-5-3-10(11)16(23)21-9-1-2-13(21)12(7-9)20-15(22)14-4-6-19-24-14;3-2(4,5)1(6)7/h3-6,8-9,12-13H,1-2,7H2,(H,20,22);(H,6,7). The van der Waals surface area contributed by atoms with Crippen molar-refractivity contribution in [3.63, 3.8) is 0 Å². The zero-order valence-electron chi connectivity index (χ0n) is 15.7. The molecular formula is C18H16F4N4O5. The predicted octanol–water partition coefficient (Wildman–Crippen LogP) is 2.02. The van der Waals surface area contributed by atoms with E-state index in [1.807, 2.05) is 0 Å². The third-order valence-corrected chi connectivity index (χ3v) is 4.99. The Morgan fingerprint density at radius 3 is 2.48 bits per heavy atom. The van der Waals surface area contributed by atoms with E-state index in [9.17, 15) is 27.2 Å². The number of rotatable bonds is 3. The topological polar surface area (TPSA) is 126 Å². The Hall–Kier alpha value is -3.51. The zero-order chi connectivity index (χ0) is 22.8. The van der Waals surface area contributed by atoms with Crippen LogP contribution in [0.5, 0.6) is 0 Å². The van der Waals surface area contributed by atoms with E-state index >= 15 is 0 Å². The van der Waals surface area contributed by atoms with Gasteiger partial charge in [-0.05, 0) is 25.3 Å². The largest absolute Gasteiger partial charge is 0.490 e. The molecule has 3 atom stereocenters. The van der Waals surface area contributed by atoms with Gasteiger partial charge in [0.05, 0.1) is 30.0 Å². The highest BCUT2D eigenvalue weighted by atomic mass is 19.4. The van der Waals surface area contributed by atoms with Crippen molar-refractivity contribution in [2.45, 2.75) is 43.6 Å². The van der Waals surface area contributed by atoms with Gasteiger partial charge in [0, 0.05) is 18.3 Å². The van der Waals surface area contributed by atoms with E-state index < -0.39 is 18.0 Å². The molecule has 9 nitrogen and oxygen atoms in total. The fourth-order valence-corrected chi connectivity index (χ4v) is 3.72. The summed E-state index contributed by atoms with van der Waals surface area (Å²) in [5.41, 5.74) is 0.0177. The van der Waals surface area contributed by atoms with Crippen LogP contribution in [0.4, 0.5) is 17.6 Å². The summed E-state index contributed by atoms with van der Waals surface area (Å²) in [5.74, 6) is -3.95. The fraction of sp³-hybridized carbons (Fsp3) is 0.389. The van der Waals surface area contributed by atoms with Gasteiger partial charge in [-0.25, -0.2) is 9.18 Å². The number of halogens is 4. The van der Waals surface area contributed by atoms with Gasteiger partial charge in [-0.15, -0.1) is 0 Å². The summed E-state index contributed by atoms with van der Waals surface area (Å²) in [7, 11) is 0. The van der Waals surface area contributed by atoms with Crippen LogP contribution in [0, 0.1) is 5.82 Å². The summed E-state index contributed by atoms with van der Waals surface area (Å²) in [6.45, 7) is 0. The summed E-state index contributed by atoms with van der Waals surface area (Å²) in [6, 6.07) is 2.57. The van der Waals surface area contributed by atoms with Crippen molar-refractivity contribution in [3.05, 3.63) is 47.9 Å². The Morgan fingerprint density at radius 1 is 1.19 bits per heavy atom. The second kappa shape index (κ2) is 8.70. The zero-order valence-corrected chi connectivity index (χ0v) is 15.7. The number of nitrogens with zero attached hydrogens (tertiary/aromatic N) is 3. The molecule has 2 bridgehead atoms. The summed E-state index contributed by atoms with van der Waals surface area (Å²) >= 11 is 0. The maximum absolute atomic E-state index is 13.9. The first-order chi connectivity index (χ1) is 14.6. The van der Waals surface area contributed by atoms with E-state index in [1.54, 1.807) is 4.90 Å². The number of nitrogens with one attached hydrogen (secondary N) is 1. The molecule has 2 saturated heterocycles. The van der Waals surface area contributed by atoms with Gasteiger partial charge in [0.25, 0.3) is 11.8 Å². The van der Waals surface area contributed by atoms with E-state index in [1.165, 1.54) is 24.5 Å². The van der Waals surface area contributed by atoms with Gasteiger partial charge in [0.15, 0.2) is 5.82 Å². The van der Waals surface area contributed by atoms with Gasteiger partial charge in [-0.1, -0.05) is 5.16 Å². The Kier molecular flexibility index (Phi) is 6.22. The van der Waals surface area contributed by atoms with Crippen molar-refractivity contribution >= 4 is 17.8 Å². The van der Waals surface area contributed by atoms with Gasteiger partial charge in [0.1, 0.15) is 0 Å². The number of aliphatic carboxylic acids is 1. The molecule has 2 aliphatic heterocycles. The van der Waals surface area contributed by atoms with Crippen LogP contribution >= 0.6 is 0 Å². The highest BCUT2D eigenvalue weighted by Gasteiger charge is 2.49. The number of hydrogen-bond donors (Lipinski definition) is 2. The minimum atomic E-state index is -5.08. The number of carbonyl (C=O) groups is 3. The molecule has 13 heteroatoms. The highest BCUT2D eigenvalue weighted by molar-refractivity contribution is 5.95. The van der Waals surface area contributed by atoms with Crippen LogP contribution in [0.25, 0.3) is 0 Å². The molecule has 2 N–H and O–H groups in total. The Balaban J connectivity index is 0.000000339. The molecule has 166 valence electrons. The Labute approximate surface area is 172 Å². The molecular weight excluding hydrogens is 428 g/mol. The van der Waals surface area contributed by atoms with Crippen LogP contribution in [0.3, 0.4) is 0 Å². The minimum absolute atomic E-state index is 0.00934. The molecule has 31 heavy (non-hydrogen) atoms. The molecule has 0 saturated carbocycles. The van der Waals surface area contributed by atoms with Crippen molar-refractivity contribution in [2.75, 3.05) is 0 Å². The number of alkyl halides is 3. The number of hydrogen-bond acceptors (Lipinski definition) is 6. The molecule has 4 heterocycles. The van der Waals surface area contributed by atoms with Crippen LogP contribution < -0.4 is 5.32 Å². The number of aromatic nitrogens is 2. The van der Waals surface area contributed by atoms with Gasteiger partial charge >= 0.3 is 12.1 Å². The average Bonchev–Trinajstić information content (AvgIpc) is 3.44. The van der Waals surface area contributed by atoms with Crippen LogP contribution in [0.2, 0.25) is 0 Å². The molecule has 0 aliphatic carbocycles. The van der Waals surface area contributed by atoms with Crippen LogP contribution in [-0.4, -0.2) is 62.2 Å². The van der Waals surface area contributed by atoms with Crippen LogP contribution in [0.15, 0.2) is 35.2 Å². The van der Waals surface area contributed by atoms with Crippen molar-refractivity contribution in [1.29, 1.82) is 0 Å². The first-order valence-electron chi connectivity index (χ1n) is 9.03. The summed E-state index contributed by atoms with van der Waals surface area (Å²) in [5, 5.41) is 13.5. The van der Waals surface area contributed by atoms with Gasteiger partial charge in [0.2, 0.25) is 5.76 Å². The molecule has 2 aromatic heterocycles. The fourth-order valence-electron chi connectivity index (χ4n) is 3.72. The lowest BCUT2D eigenvalue weighted by molar-refractivity contribution is -0.192. The van der Waals surface area contributed by atoms with E-state index in [0.29, 0.717) is 6.42 Å². The SMILES string of the molecule is O=C(NC1CC2CCC1N2C(=O)c1ccncc1F)c1ccno1.O=C(O)C(F)(F)F. The lowest BCUT2D eigenvalue weighted by Crippen LogP contribution is -2.45. The second-order valence-corrected chi connectivity index (χ2v) is 6.86. The predicted molar refractivity (Wildman–Crippen MR) is 93.2 cm³/mol. The number of pyridine rings is 1. The Morgan fingerprint density at radius 2 is 1.90 bits per heavy atom. The molecule has 2 amide bonds. The van der Waals surface area contributed by atoms with E-state index in [4.69, 9.17) is 14.4 Å². The van der Waals surface area contributed by atoms with Gasteiger partial charge in [-0.2, -0.15) is 13.2 Å². The van der Waals surface area contributed by atoms with Crippen molar-refractivity contribution in [3.8, 4) is 0 Å². The van der Waals surface area contributed by atoms with Gasteiger partial charge in [-0.3, -0.25) is 14.6 Å². The number of fused-ring (bicyclic) bond motifs is 2. The van der Waals surface area contributed by atoms with Crippen molar-refractivity contribution in [2.24, 2.45) is 0 Å². The third kappa shape index (κ3) is 4.81. The first-order valence-corrected chi connectivity index (χ1v) is 9.03.